The topological polar surface area (TPSA) is 58.2 Å². The van der Waals surface area contributed by atoms with Gasteiger partial charge in [0, 0.05) is 18.3 Å². The highest BCUT2D eigenvalue weighted by Crippen LogP contribution is 2.28. The monoisotopic (exact) mass is 280 g/mol. The smallest absolute Gasteiger partial charge is 0.240 e. The second-order valence-electron chi connectivity index (χ2n) is 5.73. The van der Waals surface area contributed by atoms with E-state index in [4.69, 9.17) is 0 Å². The molecule has 1 aromatic rings. The van der Waals surface area contributed by atoms with E-state index in [9.17, 15) is 8.42 Å². The quantitative estimate of drug-likeness (QED) is 0.891. The van der Waals surface area contributed by atoms with E-state index in [1.54, 1.807) is 12.1 Å². The molecule has 2 unspecified atom stereocenters. The maximum absolute atomic E-state index is 12.4. The Labute approximate surface area is 114 Å². The molecule has 1 heterocycles. The minimum Gasteiger partial charge on any atom is -0.384 e. The van der Waals surface area contributed by atoms with Crippen molar-refractivity contribution in [2.45, 2.75) is 43.5 Å². The van der Waals surface area contributed by atoms with Crippen molar-refractivity contribution < 1.29 is 8.42 Å². The molecule has 0 aromatic heterocycles. The van der Waals surface area contributed by atoms with E-state index in [2.05, 4.69) is 17.0 Å². The van der Waals surface area contributed by atoms with Gasteiger partial charge in [0.15, 0.2) is 0 Å². The van der Waals surface area contributed by atoms with Crippen LogP contribution in [0.2, 0.25) is 0 Å². The minimum absolute atomic E-state index is 0.103. The molecule has 1 fully saturated rings. The Morgan fingerprint density at radius 2 is 2.16 bits per heavy atom. The van der Waals surface area contributed by atoms with Gasteiger partial charge in [-0.1, -0.05) is 6.92 Å². The highest BCUT2D eigenvalue weighted by Gasteiger charge is 2.27. The lowest BCUT2D eigenvalue weighted by atomic mass is 10.1. The van der Waals surface area contributed by atoms with Crippen LogP contribution in [0.4, 0.5) is 5.69 Å². The number of anilines is 1. The summed E-state index contributed by atoms with van der Waals surface area (Å²) in [6.45, 7) is 3.07. The van der Waals surface area contributed by atoms with Crippen LogP contribution >= 0.6 is 0 Å². The Balaban J connectivity index is 1.80. The Kier molecular flexibility index (Phi) is 3.27. The fourth-order valence-electron chi connectivity index (χ4n) is 3.05. The lowest BCUT2D eigenvalue weighted by Gasteiger charge is -2.13. The molecule has 0 saturated heterocycles. The third-order valence-electron chi connectivity index (χ3n) is 4.11. The van der Waals surface area contributed by atoms with Crippen LogP contribution in [0.25, 0.3) is 0 Å². The van der Waals surface area contributed by atoms with Crippen molar-refractivity contribution in [3.05, 3.63) is 23.8 Å². The predicted octanol–water partition coefficient (Wildman–Crippen LogP) is 2.12. The molecule has 0 amide bonds. The fraction of sp³-hybridized carbons (Fsp3) is 0.571. The van der Waals surface area contributed by atoms with Crippen LogP contribution in [-0.4, -0.2) is 21.0 Å². The van der Waals surface area contributed by atoms with Crippen molar-refractivity contribution in [2.75, 3.05) is 11.9 Å². The molecule has 2 N–H and O–H groups in total. The van der Waals surface area contributed by atoms with Crippen molar-refractivity contribution in [3.8, 4) is 0 Å². The van der Waals surface area contributed by atoms with Crippen LogP contribution in [-0.2, 0) is 16.4 Å². The normalized spacial score (nSPS) is 26.2. The number of rotatable bonds is 3. The maximum Gasteiger partial charge on any atom is 0.240 e. The summed E-state index contributed by atoms with van der Waals surface area (Å²) in [5.74, 6) is 0.622. The zero-order valence-electron chi connectivity index (χ0n) is 11.1. The van der Waals surface area contributed by atoms with E-state index in [0.717, 1.165) is 43.5 Å². The Bertz CT molecular complexity index is 583. The van der Waals surface area contributed by atoms with E-state index < -0.39 is 10.0 Å². The first-order valence-electron chi connectivity index (χ1n) is 6.94. The SMILES string of the molecule is CC1CCC(NS(=O)(=O)c2ccc3c(c2)CCN3)C1. The molecule has 1 saturated carbocycles. The first-order valence-corrected chi connectivity index (χ1v) is 8.42. The lowest BCUT2D eigenvalue weighted by Crippen LogP contribution is -2.32. The van der Waals surface area contributed by atoms with E-state index in [1.165, 1.54) is 0 Å². The molecule has 2 aliphatic rings. The molecule has 1 aliphatic heterocycles. The zero-order valence-corrected chi connectivity index (χ0v) is 12.0. The van der Waals surface area contributed by atoms with Crippen LogP contribution < -0.4 is 10.0 Å². The van der Waals surface area contributed by atoms with Crippen LogP contribution in [0.1, 0.15) is 31.7 Å². The summed E-state index contributed by atoms with van der Waals surface area (Å²) in [5.41, 5.74) is 2.16. The molecule has 0 bridgehead atoms. The number of fused-ring (bicyclic) bond motifs is 1. The van der Waals surface area contributed by atoms with Gasteiger partial charge >= 0.3 is 0 Å². The Morgan fingerprint density at radius 3 is 2.89 bits per heavy atom. The Hall–Kier alpha value is -1.07. The van der Waals surface area contributed by atoms with Crippen molar-refractivity contribution in [1.82, 2.24) is 4.72 Å². The van der Waals surface area contributed by atoms with Crippen LogP contribution in [0.15, 0.2) is 23.1 Å². The predicted molar refractivity (Wildman–Crippen MR) is 75.8 cm³/mol. The van der Waals surface area contributed by atoms with Crippen LogP contribution in [0, 0.1) is 5.92 Å². The summed E-state index contributed by atoms with van der Waals surface area (Å²) in [7, 11) is -3.37. The molecule has 19 heavy (non-hydrogen) atoms. The summed E-state index contributed by atoms with van der Waals surface area (Å²) in [6.07, 6.45) is 3.92. The molecule has 4 nitrogen and oxygen atoms in total. The fourth-order valence-corrected chi connectivity index (χ4v) is 4.38. The molecule has 0 spiro atoms. The number of hydrogen-bond donors (Lipinski definition) is 2. The van der Waals surface area contributed by atoms with Crippen molar-refractivity contribution in [3.63, 3.8) is 0 Å². The summed E-state index contributed by atoms with van der Waals surface area (Å²) < 4.78 is 27.6. The number of sulfonamides is 1. The molecular weight excluding hydrogens is 260 g/mol. The lowest BCUT2D eigenvalue weighted by molar-refractivity contribution is 0.538. The number of benzene rings is 1. The molecular formula is C14H20N2O2S. The van der Waals surface area contributed by atoms with Gasteiger partial charge < -0.3 is 5.32 Å². The first-order chi connectivity index (χ1) is 9.04. The highest BCUT2D eigenvalue weighted by molar-refractivity contribution is 7.89. The zero-order chi connectivity index (χ0) is 13.5. The Morgan fingerprint density at radius 1 is 1.32 bits per heavy atom. The van der Waals surface area contributed by atoms with Crippen molar-refractivity contribution >= 4 is 15.7 Å². The van der Waals surface area contributed by atoms with Crippen LogP contribution in [0.3, 0.4) is 0 Å². The van der Waals surface area contributed by atoms with Gasteiger partial charge in [0.05, 0.1) is 4.90 Å². The average Bonchev–Trinajstić information content (AvgIpc) is 2.96. The summed E-state index contributed by atoms with van der Waals surface area (Å²) in [6, 6.07) is 5.47. The minimum atomic E-state index is -3.37. The molecule has 1 aliphatic carbocycles. The molecule has 3 rings (SSSR count). The third kappa shape index (κ3) is 2.62. The van der Waals surface area contributed by atoms with Gasteiger partial charge in [-0.2, -0.15) is 0 Å². The van der Waals surface area contributed by atoms with Gasteiger partial charge in [-0.15, -0.1) is 0 Å². The van der Waals surface area contributed by atoms with E-state index in [0.29, 0.717) is 10.8 Å². The largest absolute Gasteiger partial charge is 0.384 e. The molecule has 0 radical (unpaired) electrons. The van der Waals surface area contributed by atoms with Crippen molar-refractivity contribution in [2.24, 2.45) is 5.92 Å². The molecule has 2 atom stereocenters. The van der Waals surface area contributed by atoms with Gasteiger partial charge in [0.2, 0.25) is 10.0 Å². The first kappa shape index (κ1) is 12.9. The van der Waals surface area contributed by atoms with E-state index >= 15 is 0 Å². The van der Waals surface area contributed by atoms with Crippen LogP contribution in [0.5, 0.6) is 0 Å². The number of hydrogen-bond acceptors (Lipinski definition) is 3. The maximum atomic E-state index is 12.4. The second kappa shape index (κ2) is 4.80. The van der Waals surface area contributed by atoms with Gasteiger partial charge in [-0.3, -0.25) is 0 Å². The van der Waals surface area contributed by atoms with E-state index in [1.807, 2.05) is 6.07 Å². The number of nitrogens with one attached hydrogen (secondary N) is 2. The molecule has 1 aromatic carbocycles. The standard InChI is InChI=1S/C14H20N2O2S/c1-10-2-3-12(8-10)16-19(17,18)13-4-5-14-11(9-13)6-7-15-14/h4-5,9-10,12,15-16H,2-3,6-8H2,1H3. The molecule has 5 heteroatoms. The van der Waals surface area contributed by atoms with E-state index in [-0.39, 0.29) is 6.04 Å². The van der Waals surface area contributed by atoms with Gasteiger partial charge in [-0.25, -0.2) is 13.1 Å². The van der Waals surface area contributed by atoms with Gasteiger partial charge in [0.1, 0.15) is 0 Å². The van der Waals surface area contributed by atoms with Gasteiger partial charge in [-0.05, 0) is 55.4 Å². The molecule has 104 valence electrons. The highest BCUT2D eigenvalue weighted by atomic mass is 32.2. The van der Waals surface area contributed by atoms with Gasteiger partial charge in [0.25, 0.3) is 0 Å². The van der Waals surface area contributed by atoms with Crippen molar-refractivity contribution in [1.29, 1.82) is 0 Å². The summed E-state index contributed by atoms with van der Waals surface area (Å²) >= 11 is 0. The average molecular weight is 280 g/mol. The summed E-state index contributed by atoms with van der Waals surface area (Å²) in [4.78, 5) is 0.398. The summed E-state index contributed by atoms with van der Waals surface area (Å²) in [5, 5.41) is 3.24. The third-order valence-corrected chi connectivity index (χ3v) is 5.63. The second-order valence-corrected chi connectivity index (χ2v) is 7.45.